The lowest BCUT2D eigenvalue weighted by Gasteiger charge is -2.26. The maximum absolute atomic E-state index is 12.8. The van der Waals surface area contributed by atoms with Crippen molar-refractivity contribution in [2.75, 3.05) is 25.0 Å². The number of anilines is 1. The van der Waals surface area contributed by atoms with Crippen LogP contribution in [0.3, 0.4) is 0 Å². The summed E-state index contributed by atoms with van der Waals surface area (Å²) in [6.07, 6.45) is 2.82. The van der Waals surface area contributed by atoms with Crippen LogP contribution >= 0.6 is 0 Å². The quantitative estimate of drug-likeness (QED) is 0.822. The number of nitrogens with one attached hydrogen (secondary N) is 1. The van der Waals surface area contributed by atoms with Crippen LogP contribution in [0.1, 0.15) is 36.5 Å². The van der Waals surface area contributed by atoms with E-state index in [2.05, 4.69) is 5.32 Å². The Bertz CT molecular complexity index is 888. The van der Waals surface area contributed by atoms with Crippen LogP contribution < -0.4 is 10.1 Å². The first-order chi connectivity index (χ1) is 13.0. The van der Waals surface area contributed by atoms with Gasteiger partial charge in [-0.2, -0.15) is 4.31 Å². The molecule has 1 fully saturated rings. The zero-order valence-corrected chi connectivity index (χ0v) is 16.2. The Morgan fingerprint density at radius 3 is 2.44 bits per heavy atom. The molecule has 0 unspecified atom stereocenters. The average Bonchev–Trinajstić information content (AvgIpc) is 2.69. The minimum Gasteiger partial charge on any atom is -0.494 e. The molecule has 0 atom stereocenters. The SMILES string of the molecule is CCOc1ccc(C(=O)Nc2cccc(S(=O)(=O)N3CCCCC3)c2)cc1. The fourth-order valence-corrected chi connectivity index (χ4v) is 4.62. The van der Waals surface area contributed by atoms with Gasteiger partial charge < -0.3 is 10.1 Å². The first kappa shape index (κ1) is 19.4. The third-order valence-electron chi connectivity index (χ3n) is 4.47. The Morgan fingerprint density at radius 1 is 1.07 bits per heavy atom. The second kappa shape index (κ2) is 8.54. The molecule has 7 heteroatoms. The number of sulfonamides is 1. The molecular formula is C20H24N2O4S. The molecule has 3 rings (SSSR count). The van der Waals surface area contributed by atoms with Crippen molar-refractivity contribution in [2.24, 2.45) is 0 Å². The molecule has 1 saturated heterocycles. The number of hydrogen-bond acceptors (Lipinski definition) is 4. The normalized spacial score (nSPS) is 15.3. The minimum absolute atomic E-state index is 0.203. The molecule has 2 aromatic rings. The summed E-state index contributed by atoms with van der Waals surface area (Å²) in [5.74, 6) is 0.397. The summed E-state index contributed by atoms with van der Waals surface area (Å²) in [5, 5.41) is 2.76. The predicted molar refractivity (Wildman–Crippen MR) is 105 cm³/mol. The van der Waals surface area contributed by atoms with Gasteiger partial charge in [0, 0.05) is 24.3 Å². The monoisotopic (exact) mass is 388 g/mol. The topological polar surface area (TPSA) is 75.7 Å². The van der Waals surface area contributed by atoms with Gasteiger partial charge in [0.1, 0.15) is 5.75 Å². The molecule has 27 heavy (non-hydrogen) atoms. The summed E-state index contributed by atoms with van der Waals surface area (Å²) < 4.78 is 32.5. The zero-order valence-electron chi connectivity index (χ0n) is 15.3. The Kier molecular flexibility index (Phi) is 6.13. The molecule has 0 radical (unpaired) electrons. The number of carbonyl (C=O) groups excluding carboxylic acids is 1. The van der Waals surface area contributed by atoms with Gasteiger partial charge in [-0.1, -0.05) is 12.5 Å². The second-order valence-corrected chi connectivity index (χ2v) is 8.34. The molecule has 6 nitrogen and oxygen atoms in total. The summed E-state index contributed by atoms with van der Waals surface area (Å²) in [6, 6.07) is 13.2. The van der Waals surface area contributed by atoms with Crippen LogP contribution in [0.2, 0.25) is 0 Å². The molecular weight excluding hydrogens is 364 g/mol. The van der Waals surface area contributed by atoms with Crippen LogP contribution in [0, 0.1) is 0 Å². The fraction of sp³-hybridized carbons (Fsp3) is 0.350. The summed E-state index contributed by atoms with van der Waals surface area (Å²) in [6.45, 7) is 3.55. The highest BCUT2D eigenvalue weighted by molar-refractivity contribution is 7.89. The van der Waals surface area contributed by atoms with Gasteiger partial charge in [-0.05, 0) is 62.2 Å². The highest BCUT2D eigenvalue weighted by Gasteiger charge is 2.26. The molecule has 144 valence electrons. The minimum atomic E-state index is -3.53. The van der Waals surface area contributed by atoms with E-state index in [1.165, 1.54) is 10.4 Å². The van der Waals surface area contributed by atoms with Gasteiger partial charge in [-0.3, -0.25) is 4.79 Å². The molecule has 0 saturated carbocycles. The van der Waals surface area contributed by atoms with Crippen LogP contribution in [-0.4, -0.2) is 38.3 Å². The second-order valence-electron chi connectivity index (χ2n) is 6.40. The molecule has 1 amide bonds. The van der Waals surface area contributed by atoms with Gasteiger partial charge >= 0.3 is 0 Å². The van der Waals surface area contributed by atoms with Gasteiger partial charge in [0.2, 0.25) is 10.0 Å². The first-order valence-corrected chi connectivity index (χ1v) is 10.6. The Hall–Kier alpha value is -2.38. The smallest absolute Gasteiger partial charge is 0.255 e. The van der Waals surface area contributed by atoms with Crippen molar-refractivity contribution in [2.45, 2.75) is 31.1 Å². The average molecular weight is 388 g/mol. The Morgan fingerprint density at radius 2 is 1.78 bits per heavy atom. The van der Waals surface area contributed by atoms with E-state index in [1.807, 2.05) is 6.92 Å². The number of carbonyl (C=O) groups is 1. The van der Waals surface area contributed by atoms with Crippen LogP contribution in [0.15, 0.2) is 53.4 Å². The molecule has 0 spiro atoms. The van der Waals surface area contributed by atoms with Crippen molar-refractivity contribution < 1.29 is 17.9 Å². The summed E-state index contributed by atoms with van der Waals surface area (Å²) >= 11 is 0. The lowest BCUT2D eigenvalue weighted by atomic mass is 10.2. The van der Waals surface area contributed by atoms with E-state index in [9.17, 15) is 13.2 Å². The zero-order chi connectivity index (χ0) is 19.3. The van der Waals surface area contributed by atoms with E-state index in [1.54, 1.807) is 42.5 Å². The van der Waals surface area contributed by atoms with E-state index in [0.717, 1.165) is 19.3 Å². The first-order valence-electron chi connectivity index (χ1n) is 9.15. The van der Waals surface area contributed by atoms with Gasteiger partial charge in [-0.15, -0.1) is 0 Å². The summed E-state index contributed by atoms with van der Waals surface area (Å²) in [5.41, 5.74) is 0.926. The summed E-state index contributed by atoms with van der Waals surface area (Å²) in [7, 11) is -3.53. The van der Waals surface area contributed by atoms with Gasteiger partial charge in [0.15, 0.2) is 0 Å². The number of hydrogen-bond donors (Lipinski definition) is 1. The van der Waals surface area contributed by atoms with E-state index in [4.69, 9.17) is 4.74 Å². The van der Waals surface area contributed by atoms with E-state index in [-0.39, 0.29) is 10.8 Å². The van der Waals surface area contributed by atoms with Crippen molar-refractivity contribution in [3.05, 3.63) is 54.1 Å². The standard InChI is InChI=1S/C20H24N2O4S/c1-2-26-18-11-9-16(10-12-18)20(23)21-17-7-6-8-19(15-17)27(24,25)22-13-4-3-5-14-22/h6-12,15H,2-5,13-14H2,1H3,(H,21,23). The highest BCUT2D eigenvalue weighted by Crippen LogP contribution is 2.23. The lowest BCUT2D eigenvalue weighted by Crippen LogP contribution is -2.35. The molecule has 0 bridgehead atoms. The van der Waals surface area contributed by atoms with E-state index in [0.29, 0.717) is 36.7 Å². The number of amides is 1. The molecule has 1 heterocycles. The van der Waals surface area contributed by atoms with Crippen molar-refractivity contribution in [1.29, 1.82) is 0 Å². The van der Waals surface area contributed by atoms with Gasteiger partial charge in [0.25, 0.3) is 5.91 Å². The predicted octanol–water partition coefficient (Wildman–Crippen LogP) is 3.51. The Labute approximate surface area is 160 Å². The molecule has 1 aliphatic rings. The van der Waals surface area contributed by atoms with Gasteiger partial charge in [-0.25, -0.2) is 8.42 Å². The van der Waals surface area contributed by atoms with Crippen LogP contribution in [0.25, 0.3) is 0 Å². The van der Waals surface area contributed by atoms with Crippen LogP contribution in [-0.2, 0) is 10.0 Å². The number of piperidine rings is 1. The fourth-order valence-electron chi connectivity index (χ4n) is 3.06. The maximum atomic E-state index is 12.8. The van der Waals surface area contributed by atoms with E-state index < -0.39 is 10.0 Å². The number of ether oxygens (including phenoxy) is 1. The largest absolute Gasteiger partial charge is 0.494 e. The van der Waals surface area contributed by atoms with Crippen molar-refractivity contribution in [1.82, 2.24) is 4.31 Å². The van der Waals surface area contributed by atoms with Crippen molar-refractivity contribution in [3.8, 4) is 5.75 Å². The number of rotatable bonds is 6. The molecule has 1 N–H and O–H groups in total. The third-order valence-corrected chi connectivity index (χ3v) is 6.37. The molecule has 2 aromatic carbocycles. The van der Waals surface area contributed by atoms with Crippen molar-refractivity contribution in [3.63, 3.8) is 0 Å². The highest BCUT2D eigenvalue weighted by atomic mass is 32.2. The van der Waals surface area contributed by atoms with Crippen LogP contribution in [0.4, 0.5) is 5.69 Å². The summed E-state index contributed by atoms with van der Waals surface area (Å²) in [4.78, 5) is 12.6. The van der Waals surface area contributed by atoms with E-state index >= 15 is 0 Å². The third kappa shape index (κ3) is 4.67. The molecule has 1 aliphatic heterocycles. The maximum Gasteiger partial charge on any atom is 0.255 e. The Balaban J connectivity index is 1.74. The van der Waals surface area contributed by atoms with Gasteiger partial charge in [0.05, 0.1) is 11.5 Å². The number of benzene rings is 2. The van der Waals surface area contributed by atoms with Crippen molar-refractivity contribution >= 4 is 21.6 Å². The number of nitrogens with zero attached hydrogens (tertiary/aromatic N) is 1. The molecule has 0 aromatic heterocycles. The molecule has 0 aliphatic carbocycles. The lowest BCUT2D eigenvalue weighted by molar-refractivity contribution is 0.102. The van der Waals surface area contributed by atoms with Crippen LogP contribution in [0.5, 0.6) is 5.75 Å².